The molecule has 1 fully saturated rings. The molecule has 10 nitrogen and oxygen atoms in total. The summed E-state index contributed by atoms with van der Waals surface area (Å²) >= 11 is 0. The van der Waals surface area contributed by atoms with E-state index in [9.17, 15) is 14.8 Å². The Balaban J connectivity index is 1.25. The van der Waals surface area contributed by atoms with Gasteiger partial charge in [0.25, 0.3) is 0 Å². The zero-order valence-electron chi connectivity index (χ0n) is 19.9. The molecule has 36 heavy (non-hydrogen) atoms. The maximum atomic E-state index is 11.2. The second kappa shape index (κ2) is 12.1. The maximum absolute atomic E-state index is 11.2. The Labute approximate surface area is 209 Å². The summed E-state index contributed by atoms with van der Waals surface area (Å²) in [7, 11) is 0. The number of carbonyl (C=O) groups is 1. The number of aromatic hydroxyl groups is 1. The number of benzene rings is 2. The number of aromatic nitrogens is 2. The summed E-state index contributed by atoms with van der Waals surface area (Å²) in [5.41, 5.74) is 2.13. The molecule has 1 aromatic heterocycles. The van der Waals surface area contributed by atoms with Crippen molar-refractivity contribution in [2.45, 2.75) is 44.8 Å². The molecule has 1 aliphatic rings. The molecule has 0 atom stereocenters. The minimum atomic E-state index is -0.917. The first-order valence-electron chi connectivity index (χ1n) is 12.0. The number of nitroso groups, excluding NO2 is 1. The van der Waals surface area contributed by atoms with Crippen LogP contribution in [-0.4, -0.2) is 38.7 Å². The van der Waals surface area contributed by atoms with Gasteiger partial charge in [-0.05, 0) is 60.5 Å². The molecule has 1 saturated carbocycles. The number of anilines is 2. The van der Waals surface area contributed by atoms with Gasteiger partial charge in [-0.2, -0.15) is 4.98 Å². The van der Waals surface area contributed by atoms with Gasteiger partial charge in [0.1, 0.15) is 5.75 Å². The summed E-state index contributed by atoms with van der Waals surface area (Å²) in [6.07, 6.45) is 5.46. The van der Waals surface area contributed by atoms with E-state index in [1.165, 1.54) is 6.20 Å². The number of hydrogen-bond donors (Lipinski definition) is 5. The number of carboxylic acid groups (broad SMARTS) is 1. The number of para-hydroxylation sites is 1. The van der Waals surface area contributed by atoms with Gasteiger partial charge in [0.05, 0.1) is 11.8 Å². The fourth-order valence-electron chi connectivity index (χ4n) is 4.38. The average Bonchev–Trinajstić information content (AvgIpc) is 2.91. The number of nitrogens with zero attached hydrogens (tertiary/aromatic N) is 3. The molecule has 0 amide bonds. The molecule has 3 aromatic rings. The van der Waals surface area contributed by atoms with Crippen molar-refractivity contribution in [1.29, 1.82) is 0 Å². The van der Waals surface area contributed by atoms with Crippen molar-refractivity contribution in [3.05, 3.63) is 76.3 Å². The summed E-state index contributed by atoms with van der Waals surface area (Å²) in [6.45, 7) is 1.66. The van der Waals surface area contributed by atoms with Crippen molar-refractivity contribution in [2.75, 3.05) is 17.2 Å². The van der Waals surface area contributed by atoms with Crippen LogP contribution in [-0.2, 0) is 13.1 Å². The summed E-state index contributed by atoms with van der Waals surface area (Å²) < 4.78 is 0. The Bertz CT molecular complexity index is 1200. The van der Waals surface area contributed by atoms with Gasteiger partial charge in [0, 0.05) is 31.2 Å². The molecule has 0 radical (unpaired) electrons. The monoisotopic (exact) mass is 490 g/mol. The second-order valence-electron chi connectivity index (χ2n) is 8.99. The van der Waals surface area contributed by atoms with Crippen LogP contribution in [0.25, 0.3) is 0 Å². The van der Waals surface area contributed by atoms with Crippen molar-refractivity contribution < 1.29 is 15.0 Å². The van der Waals surface area contributed by atoms with Gasteiger partial charge >= 0.3 is 5.97 Å². The molecular weight excluding hydrogens is 460 g/mol. The highest BCUT2D eigenvalue weighted by Gasteiger charge is 2.21. The lowest BCUT2D eigenvalue weighted by Gasteiger charge is -2.29. The number of carboxylic acids is 1. The summed E-state index contributed by atoms with van der Waals surface area (Å²) in [5, 5.41) is 32.0. The molecule has 10 heteroatoms. The third kappa shape index (κ3) is 6.76. The SMILES string of the molecule is O=Nc1cnc(NCc2ccccc2O)nc1NCC1CCC(NCc2cccc(C(=O)O)c2)CC1. The zero-order valence-corrected chi connectivity index (χ0v) is 19.9. The van der Waals surface area contributed by atoms with Gasteiger partial charge in [-0.15, -0.1) is 4.91 Å². The Morgan fingerprint density at radius 3 is 2.58 bits per heavy atom. The molecule has 188 valence electrons. The molecule has 5 N–H and O–H groups in total. The van der Waals surface area contributed by atoms with Crippen LogP contribution in [0.5, 0.6) is 5.75 Å². The van der Waals surface area contributed by atoms with Crippen LogP contribution in [0, 0.1) is 10.8 Å². The third-order valence-electron chi connectivity index (χ3n) is 6.47. The topological polar surface area (TPSA) is 149 Å². The van der Waals surface area contributed by atoms with E-state index in [1.54, 1.807) is 36.4 Å². The molecule has 0 aliphatic heterocycles. The smallest absolute Gasteiger partial charge is 0.335 e. The zero-order chi connectivity index (χ0) is 25.3. The fourth-order valence-corrected chi connectivity index (χ4v) is 4.38. The van der Waals surface area contributed by atoms with E-state index in [0.717, 1.165) is 31.2 Å². The van der Waals surface area contributed by atoms with E-state index in [0.29, 0.717) is 54.5 Å². The Morgan fingerprint density at radius 2 is 1.83 bits per heavy atom. The Hall–Kier alpha value is -4.05. The standard InChI is InChI=1S/C26H30N6O4/c33-23-7-2-1-5-20(23)15-29-26-30-16-22(32-36)24(31-26)28-13-17-8-10-21(11-9-17)27-14-18-4-3-6-19(12-18)25(34)35/h1-7,12,16-17,21,27,33H,8-11,13-15H2,(H,34,35)(H2,28,29,30,31). The number of phenols is 1. The van der Waals surface area contributed by atoms with Gasteiger partial charge in [-0.25, -0.2) is 9.78 Å². The van der Waals surface area contributed by atoms with E-state index >= 15 is 0 Å². The quantitative estimate of drug-likeness (QED) is 0.242. The van der Waals surface area contributed by atoms with Crippen LogP contribution >= 0.6 is 0 Å². The number of hydrogen-bond acceptors (Lipinski definition) is 9. The van der Waals surface area contributed by atoms with Crippen LogP contribution in [0.4, 0.5) is 17.5 Å². The molecule has 4 rings (SSSR count). The van der Waals surface area contributed by atoms with Crippen LogP contribution in [0.15, 0.2) is 59.9 Å². The van der Waals surface area contributed by atoms with E-state index in [2.05, 4.69) is 31.1 Å². The fraction of sp³-hybridized carbons (Fsp3) is 0.346. The van der Waals surface area contributed by atoms with Crippen LogP contribution in [0.3, 0.4) is 0 Å². The molecule has 0 spiro atoms. The first kappa shape index (κ1) is 25.1. The largest absolute Gasteiger partial charge is 0.508 e. The lowest BCUT2D eigenvalue weighted by atomic mass is 9.86. The third-order valence-corrected chi connectivity index (χ3v) is 6.47. The van der Waals surface area contributed by atoms with E-state index < -0.39 is 5.97 Å². The first-order valence-corrected chi connectivity index (χ1v) is 12.0. The van der Waals surface area contributed by atoms with Crippen molar-refractivity contribution in [1.82, 2.24) is 15.3 Å². The van der Waals surface area contributed by atoms with Crippen LogP contribution < -0.4 is 16.0 Å². The minimum absolute atomic E-state index is 0.155. The van der Waals surface area contributed by atoms with Crippen molar-refractivity contribution in [3.8, 4) is 5.75 Å². The predicted octanol–water partition coefficient (Wildman–Crippen LogP) is 4.65. The number of aromatic carboxylic acids is 1. The molecule has 2 aromatic carbocycles. The van der Waals surface area contributed by atoms with E-state index in [-0.39, 0.29) is 11.4 Å². The van der Waals surface area contributed by atoms with Crippen LogP contribution in [0.2, 0.25) is 0 Å². The predicted molar refractivity (Wildman–Crippen MR) is 137 cm³/mol. The molecular formula is C26H30N6O4. The number of phenolic OH excluding ortho intramolecular Hbond substituents is 1. The highest BCUT2D eigenvalue weighted by atomic mass is 16.4. The lowest BCUT2D eigenvalue weighted by molar-refractivity contribution is 0.0696. The molecule has 0 bridgehead atoms. The summed E-state index contributed by atoms with van der Waals surface area (Å²) in [5.74, 6) is 0.435. The highest BCUT2D eigenvalue weighted by molar-refractivity contribution is 5.87. The highest BCUT2D eigenvalue weighted by Crippen LogP contribution is 2.28. The van der Waals surface area contributed by atoms with E-state index in [1.807, 2.05) is 12.1 Å². The summed E-state index contributed by atoms with van der Waals surface area (Å²) in [6, 6.07) is 14.4. The van der Waals surface area contributed by atoms with Crippen molar-refractivity contribution >= 4 is 23.4 Å². The van der Waals surface area contributed by atoms with Crippen LogP contribution in [0.1, 0.15) is 47.2 Å². The molecule has 0 saturated heterocycles. The maximum Gasteiger partial charge on any atom is 0.335 e. The number of nitrogens with one attached hydrogen (secondary N) is 3. The van der Waals surface area contributed by atoms with E-state index in [4.69, 9.17) is 5.11 Å². The van der Waals surface area contributed by atoms with Crippen molar-refractivity contribution in [2.24, 2.45) is 11.1 Å². The second-order valence-corrected chi connectivity index (χ2v) is 8.99. The first-order chi connectivity index (χ1) is 17.5. The Morgan fingerprint density at radius 1 is 1.03 bits per heavy atom. The number of rotatable bonds is 11. The molecule has 1 aliphatic carbocycles. The minimum Gasteiger partial charge on any atom is -0.508 e. The van der Waals surface area contributed by atoms with Gasteiger partial charge in [0.15, 0.2) is 11.5 Å². The lowest BCUT2D eigenvalue weighted by Crippen LogP contribution is -2.34. The Kier molecular flexibility index (Phi) is 8.40. The molecule has 1 heterocycles. The van der Waals surface area contributed by atoms with Gasteiger partial charge in [-0.1, -0.05) is 30.3 Å². The molecule has 0 unspecified atom stereocenters. The van der Waals surface area contributed by atoms with Crippen molar-refractivity contribution in [3.63, 3.8) is 0 Å². The normalized spacial score (nSPS) is 17.3. The summed E-state index contributed by atoms with van der Waals surface area (Å²) in [4.78, 5) is 30.9. The van der Waals surface area contributed by atoms with Gasteiger partial charge < -0.3 is 26.2 Å². The van der Waals surface area contributed by atoms with Gasteiger partial charge in [0.2, 0.25) is 5.95 Å². The van der Waals surface area contributed by atoms with Gasteiger partial charge in [-0.3, -0.25) is 0 Å². The average molecular weight is 491 g/mol.